The Morgan fingerprint density at radius 2 is 1.25 bits per heavy atom. The summed E-state index contributed by atoms with van der Waals surface area (Å²) < 4.78 is 0. The predicted molar refractivity (Wildman–Crippen MR) is 34.7 cm³/mol. The first kappa shape index (κ1) is 8.31. The van der Waals surface area contributed by atoms with E-state index >= 15 is 0 Å². The summed E-state index contributed by atoms with van der Waals surface area (Å²) in [6.07, 6.45) is 0.115. The fraction of sp³-hybridized carbons (Fsp3) is 1.00. The molecule has 52 valence electrons. The molecule has 0 aliphatic carbocycles. The Hall–Kier alpha value is 0.310. The SMILES string of the molecule is CCP(O)(O)(O)CC. The monoisotopic (exact) mass is 140 g/mol. The first-order chi connectivity index (χ1) is 3.39. The third kappa shape index (κ3) is 2.58. The molecule has 0 rings (SSSR count). The van der Waals surface area contributed by atoms with Crippen LogP contribution in [0.25, 0.3) is 0 Å². The van der Waals surface area contributed by atoms with Gasteiger partial charge in [0.05, 0.1) is 0 Å². The first-order valence-corrected chi connectivity index (χ1v) is 5.11. The second-order valence-corrected chi connectivity index (χ2v) is 5.92. The van der Waals surface area contributed by atoms with Crippen LogP contribution < -0.4 is 0 Å². The molecule has 0 radical (unpaired) electrons. The van der Waals surface area contributed by atoms with E-state index in [4.69, 9.17) is 14.7 Å². The molecule has 3 N–H and O–H groups in total. The second kappa shape index (κ2) is 1.92. The van der Waals surface area contributed by atoms with E-state index in [2.05, 4.69) is 0 Å². The average Bonchev–Trinajstić information content (AvgIpc) is 1.68. The van der Waals surface area contributed by atoms with Gasteiger partial charge in [-0.3, -0.25) is 0 Å². The van der Waals surface area contributed by atoms with E-state index in [1.54, 1.807) is 13.8 Å². The van der Waals surface area contributed by atoms with Crippen LogP contribution in [0.15, 0.2) is 0 Å². The summed E-state index contributed by atoms with van der Waals surface area (Å²) in [6.45, 7) is 3.11. The molecule has 0 amide bonds. The maximum absolute atomic E-state index is 8.84. The molecule has 0 fully saturated rings. The molecule has 0 saturated heterocycles. The van der Waals surface area contributed by atoms with Crippen LogP contribution >= 0.6 is 7.28 Å². The van der Waals surface area contributed by atoms with Crippen molar-refractivity contribution in [2.75, 3.05) is 12.3 Å². The number of hydrogen-bond donors (Lipinski definition) is 3. The Kier molecular flexibility index (Phi) is 2.00. The molecule has 0 aliphatic heterocycles. The van der Waals surface area contributed by atoms with Gasteiger partial charge in [-0.25, -0.2) is 0 Å². The zero-order valence-electron chi connectivity index (χ0n) is 5.20. The summed E-state index contributed by atoms with van der Waals surface area (Å²) in [7, 11) is -4.10. The molecule has 0 unspecified atom stereocenters. The van der Waals surface area contributed by atoms with Crippen LogP contribution in [0.1, 0.15) is 13.8 Å². The fourth-order valence-corrected chi connectivity index (χ4v) is 0.671. The van der Waals surface area contributed by atoms with Crippen LogP contribution in [0.3, 0.4) is 0 Å². The molecule has 0 aromatic rings. The Morgan fingerprint density at radius 1 is 1.00 bits per heavy atom. The van der Waals surface area contributed by atoms with Gasteiger partial charge in [-0.1, -0.05) is 0 Å². The van der Waals surface area contributed by atoms with Gasteiger partial charge in [0.1, 0.15) is 0 Å². The molecule has 0 aromatic heterocycles. The van der Waals surface area contributed by atoms with Crippen LogP contribution in [0.4, 0.5) is 0 Å². The molecule has 4 heteroatoms. The van der Waals surface area contributed by atoms with Gasteiger partial charge in [-0.2, -0.15) is 0 Å². The molecule has 0 aliphatic rings. The third-order valence-electron chi connectivity index (χ3n) is 1.30. The van der Waals surface area contributed by atoms with Crippen LogP contribution in [0.5, 0.6) is 0 Å². The van der Waals surface area contributed by atoms with Gasteiger partial charge in [0.25, 0.3) is 0 Å². The summed E-state index contributed by atoms with van der Waals surface area (Å²) in [4.78, 5) is 26.5. The van der Waals surface area contributed by atoms with E-state index in [0.29, 0.717) is 0 Å². The van der Waals surface area contributed by atoms with E-state index in [9.17, 15) is 0 Å². The van der Waals surface area contributed by atoms with Gasteiger partial charge >= 0.3 is 48.1 Å². The average molecular weight is 140 g/mol. The van der Waals surface area contributed by atoms with Crippen molar-refractivity contribution in [2.45, 2.75) is 13.8 Å². The molecule has 0 atom stereocenters. The summed E-state index contributed by atoms with van der Waals surface area (Å²) in [6, 6.07) is 0. The quantitative estimate of drug-likeness (QED) is 0.483. The Morgan fingerprint density at radius 3 is 1.25 bits per heavy atom. The summed E-state index contributed by atoms with van der Waals surface area (Å²) in [5.74, 6) is 0. The molecular formula is C4H13O3P. The molecule has 0 saturated carbocycles. The van der Waals surface area contributed by atoms with Crippen molar-refractivity contribution in [1.82, 2.24) is 0 Å². The standard InChI is InChI=1S/C4H13O3P/c1-3-8(5,6,7)4-2/h5-7H,3-4H2,1-2H3. The van der Waals surface area contributed by atoms with Crippen molar-refractivity contribution in [3.63, 3.8) is 0 Å². The summed E-state index contributed by atoms with van der Waals surface area (Å²) in [5.41, 5.74) is 0. The Labute approximate surface area is 49.1 Å². The van der Waals surface area contributed by atoms with Gasteiger partial charge in [0.15, 0.2) is 0 Å². The van der Waals surface area contributed by atoms with Gasteiger partial charge in [-0.05, 0) is 0 Å². The van der Waals surface area contributed by atoms with Gasteiger partial charge in [-0.15, -0.1) is 0 Å². The van der Waals surface area contributed by atoms with Crippen LogP contribution in [0.2, 0.25) is 0 Å². The molecule has 0 spiro atoms. The minimum absolute atomic E-state index is 0.0576. The van der Waals surface area contributed by atoms with Crippen molar-refractivity contribution in [3.8, 4) is 0 Å². The Balaban J connectivity index is 3.99. The molecular weight excluding hydrogens is 127 g/mol. The van der Waals surface area contributed by atoms with Gasteiger partial charge in [0.2, 0.25) is 0 Å². The normalized spacial score (nSPS) is 17.4. The van der Waals surface area contributed by atoms with Crippen molar-refractivity contribution in [1.29, 1.82) is 0 Å². The second-order valence-electron chi connectivity index (χ2n) is 1.97. The predicted octanol–water partition coefficient (Wildman–Crippen LogP) is 0.301. The van der Waals surface area contributed by atoms with Crippen molar-refractivity contribution < 1.29 is 14.7 Å². The molecule has 0 heterocycles. The third-order valence-corrected chi connectivity index (χ3v) is 3.89. The topological polar surface area (TPSA) is 60.7 Å². The molecule has 3 nitrogen and oxygen atoms in total. The van der Waals surface area contributed by atoms with Crippen molar-refractivity contribution in [3.05, 3.63) is 0 Å². The molecule has 0 aromatic carbocycles. The van der Waals surface area contributed by atoms with E-state index in [0.717, 1.165) is 0 Å². The van der Waals surface area contributed by atoms with Crippen molar-refractivity contribution >= 4 is 7.28 Å². The van der Waals surface area contributed by atoms with Crippen LogP contribution in [-0.4, -0.2) is 27.0 Å². The molecule has 8 heavy (non-hydrogen) atoms. The van der Waals surface area contributed by atoms with Crippen LogP contribution in [0, 0.1) is 0 Å². The minimum atomic E-state index is -4.10. The van der Waals surface area contributed by atoms with E-state index in [1.165, 1.54) is 0 Å². The summed E-state index contributed by atoms with van der Waals surface area (Å²) in [5, 5.41) is 0. The first-order valence-electron chi connectivity index (χ1n) is 2.65. The van der Waals surface area contributed by atoms with E-state index in [1.807, 2.05) is 0 Å². The van der Waals surface area contributed by atoms with Gasteiger partial charge < -0.3 is 0 Å². The van der Waals surface area contributed by atoms with E-state index < -0.39 is 7.28 Å². The van der Waals surface area contributed by atoms with Crippen LogP contribution in [-0.2, 0) is 0 Å². The number of rotatable bonds is 2. The zero-order chi connectivity index (χ0) is 6.86. The summed E-state index contributed by atoms with van der Waals surface area (Å²) >= 11 is 0. The zero-order valence-corrected chi connectivity index (χ0v) is 6.10. The molecule has 0 bridgehead atoms. The Bertz CT molecular complexity index is 75.0. The van der Waals surface area contributed by atoms with Crippen molar-refractivity contribution in [2.24, 2.45) is 0 Å². The van der Waals surface area contributed by atoms with Gasteiger partial charge in [0, 0.05) is 0 Å². The van der Waals surface area contributed by atoms with E-state index in [-0.39, 0.29) is 12.3 Å². The maximum atomic E-state index is 8.84. The number of hydrogen-bond acceptors (Lipinski definition) is 3. The fourth-order valence-electron chi connectivity index (χ4n) is 0.224.